The summed E-state index contributed by atoms with van der Waals surface area (Å²) in [5, 5.41) is 4.98. The number of hydrogen-bond acceptors (Lipinski definition) is 5. The minimum absolute atomic E-state index is 0.0566. The Kier molecular flexibility index (Phi) is 4.97. The Balaban J connectivity index is 1.77. The summed E-state index contributed by atoms with van der Waals surface area (Å²) >= 11 is 1.58. The van der Waals surface area contributed by atoms with Gasteiger partial charge in [0.05, 0.1) is 22.9 Å². The first-order chi connectivity index (χ1) is 13.1. The molecule has 0 saturated carbocycles. The molecule has 1 aromatic carbocycles. The maximum Gasteiger partial charge on any atom is 0.278 e. The van der Waals surface area contributed by atoms with Gasteiger partial charge in [0.2, 0.25) is 0 Å². The Morgan fingerprint density at radius 3 is 2.85 bits per heavy atom. The fraction of sp³-hybridized carbons (Fsp3) is 0.450. The van der Waals surface area contributed by atoms with Gasteiger partial charge in [0.1, 0.15) is 5.69 Å². The SMILES string of the molecule is CCn1nccc1C(=O)N(CC1CCCO1)c1nc2c(C)ccc(C)c2s1. The van der Waals surface area contributed by atoms with Gasteiger partial charge < -0.3 is 4.74 Å². The van der Waals surface area contributed by atoms with E-state index in [9.17, 15) is 4.79 Å². The largest absolute Gasteiger partial charge is 0.376 e. The van der Waals surface area contributed by atoms with E-state index in [1.165, 1.54) is 5.56 Å². The van der Waals surface area contributed by atoms with Gasteiger partial charge in [-0.05, 0) is 50.8 Å². The monoisotopic (exact) mass is 384 g/mol. The number of hydrogen-bond donors (Lipinski definition) is 0. The van der Waals surface area contributed by atoms with Crippen LogP contribution in [0.2, 0.25) is 0 Å². The van der Waals surface area contributed by atoms with Crippen LogP contribution in [0.15, 0.2) is 24.4 Å². The van der Waals surface area contributed by atoms with Crippen molar-refractivity contribution in [2.75, 3.05) is 18.1 Å². The third-order valence-corrected chi connectivity index (χ3v) is 6.27. The number of aryl methyl sites for hydroxylation is 3. The minimum Gasteiger partial charge on any atom is -0.376 e. The smallest absolute Gasteiger partial charge is 0.278 e. The number of amides is 1. The maximum atomic E-state index is 13.4. The molecule has 0 N–H and O–H groups in total. The molecule has 1 fully saturated rings. The van der Waals surface area contributed by atoms with Crippen molar-refractivity contribution in [3.8, 4) is 0 Å². The lowest BCUT2D eigenvalue weighted by Gasteiger charge is -2.23. The van der Waals surface area contributed by atoms with Crippen molar-refractivity contribution >= 4 is 32.6 Å². The topological polar surface area (TPSA) is 60.2 Å². The summed E-state index contributed by atoms with van der Waals surface area (Å²) < 4.78 is 8.68. The van der Waals surface area contributed by atoms with Crippen molar-refractivity contribution in [3.63, 3.8) is 0 Å². The third-order valence-electron chi connectivity index (χ3n) is 5.05. The van der Waals surface area contributed by atoms with E-state index in [0.717, 1.165) is 40.4 Å². The van der Waals surface area contributed by atoms with Gasteiger partial charge >= 0.3 is 0 Å². The molecule has 7 heteroatoms. The molecule has 0 bridgehead atoms. The van der Waals surface area contributed by atoms with Crippen LogP contribution >= 0.6 is 11.3 Å². The summed E-state index contributed by atoms with van der Waals surface area (Å²) in [5.74, 6) is -0.0702. The molecular weight excluding hydrogens is 360 g/mol. The standard InChI is InChI=1S/C20H24N4O2S/c1-4-24-16(9-10-21-24)19(25)23(12-15-6-5-11-26-15)20-22-17-13(2)7-8-14(3)18(17)27-20/h7-10,15H,4-6,11-12H2,1-3H3. The summed E-state index contributed by atoms with van der Waals surface area (Å²) in [7, 11) is 0. The van der Waals surface area contributed by atoms with Crippen molar-refractivity contribution in [3.05, 3.63) is 41.2 Å². The Labute approximate surface area is 162 Å². The fourth-order valence-corrected chi connectivity index (χ4v) is 4.63. The van der Waals surface area contributed by atoms with Crippen molar-refractivity contribution in [2.24, 2.45) is 0 Å². The number of nitrogens with zero attached hydrogens (tertiary/aromatic N) is 4. The Bertz CT molecular complexity index is 933. The molecule has 1 saturated heterocycles. The van der Waals surface area contributed by atoms with Crippen molar-refractivity contribution in [1.29, 1.82) is 0 Å². The van der Waals surface area contributed by atoms with Gasteiger partial charge in [-0.2, -0.15) is 5.10 Å². The van der Waals surface area contributed by atoms with Gasteiger partial charge in [-0.3, -0.25) is 14.4 Å². The highest BCUT2D eigenvalue weighted by Crippen LogP contribution is 2.34. The summed E-state index contributed by atoms with van der Waals surface area (Å²) in [6.45, 7) is 8.06. The second kappa shape index (κ2) is 7.40. The number of anilines is 1. The molecule has 0 spiro atoms. The van der Waals surface area contributed by atoms with Crippen LogP contribution < -0.4 is 4.90 Å². The molecule has 1 aliphatic rings. The number of carbonyl (C=O) groups is 1. The zero-order chi connectivity index (χ0) is 19.0. The average Bonchev–Trinajstić information content (AvgIpc) is 3.42. The average molecular weight is 385 g/mol. The first-order valence-corrected chi connectivity index (χ1v) is 10.2. The highest BCUT2D eigenvalue weighted by Gasteiger charge is 2.29. The predicted molar refractivity (Wildman–Crippen MR) is 108 cm³/mol. The lowest BCUT2D eigenvalue weighted by atomic mass is 10.1. The molecule has 142 valence electrons. The van der Waals surface area contributed by atoms with E-state index >= 15 is 0 Å². The Hall–Kier alpha value is -2.25. The van der Waals surface area contributed by atoms with Crippen LogP contribution in [0, 0.1) is 13.8 Å². The highest BCUT2D eigenvalue weighted by molar-refractivity contribution is 7.22. The molecule has 1 aliphatic heterocycles. The van der Waals surface area contributed by atoms with Crippen LogP contribution in [0.4, 0.5) is 5.13 Å². The zero-order valence-electron chi connectivity index (χ0n) is 15.9. The van der Waals surface area contributed by atoms with Crippen LogP contribution in [-0.2, 0) is 11.3 Å². The van der Waals surface area contributed by atoms with Crippen LogP contribution in [0.1, 0.15) is 41.4 Å². The summed E-state index contributed by atoms with van der Waals surface area (Å²) in [6.07, 6.45) is 3.74. The molecule has 0 radical (unpaired) electrons. The van der Waals surface area contributed by atoms with Gasteiger partial charge in [0.15, 0.2) is 5.13 Å². The van der Waals surface area contributed by atoms with Crippen LogP contribution in [0.3, 0.4) is 0 Å². The van der Waals surface area contributed by atoms with E-state index < -0.39 is 0 Å². The number of carbonyl (C=O) groups excluding carboxylic acids is 1. The van der Waals surface area contributed by atoms with Gasteiger partial charge in [0.25, 0.3) is 5.91 Å². The quantitative estimate of drug-likeness (QED) is 0.668. The van der Waals surface area contributed by atoms with Crippen molar-refractivity contribution < 1.29 is 9.53 Å². The van der Waals surface area contributed by atoms with Crippen LogP contribution in [0.5, 0.6) is 0 Å². The molecule has 3 aromatic rings. The third kappa shape index (κ3) is 3.37. The summed E-state index contributed by atoms with van der Waals surface area (Å²) in [5.41, 5.74) is 3.87. The van der Waals surface area contributed by atoms with E-state index in [0.29, 0.717) is 18.8 Å². The second-order valence-electron chi connectivity index (χ2n) is 6.96. The van der Waals surface area contributed by atoms with Gasteiger partial charge in [-0.15, -0.1) is 0 Å². The number of benzene rings is 1. The first kappa shape index (κ1) is 18.1. The van der Waals surface area contributed by atoms with E-state index in [1.807, 2.05) is 6.92 Å². The Morgan fingerprint density at radius 2 is 2.15 bits per heavy atom. The number of aromatic nitrogens is 3. The van der Waals surface area contributed by atoms with Gasteiger partial charge in [-0.25, -0.2) is 4.98 Å². The maximum absolute atomic E-state index is 13.4. The molecule has 27 heavy (non-hydrogen) atoms. The number of thiazole rings is 1. The molecule has 1 atom stereocenters. The van der Waals surface area contributed by atoms with Crippen LogP contribution in [-0.4, -0.2) is 39.9 Å². The normalized spacial score (nSPS) is 16.9. The second-order valence-corrected chi connectivity index (χ2v) is 7.93. The summed E-state index contributed by atoms with van der Waals surface area (Å²) in [4.78, 5) is 20.0. The molecule has 3 heterocycles. The Morgan fingerprint density at radius 1 is 1.33 bits per heavy atom. The molecule has 2 aromatic heterocycles. The predicted octanol–water partition coefficient (Wildman–Crippen LogP) is 3.96. The minimum atomic E-state index is -0.0702. The fourth-order valence-electron chi connectivity index (χ4n) is 3.51. The molecule has 0 aliphatic carbocycles. The lowest BCUT2D eigenvalue weighted by molar-refractivity contribution is 0.0908. The van der Waals surface area contributed by atoms with Gasteiger partial charge in [0, 0.05) is 19.3 Å². The molecular formula is C20H24N4O2S. The van der Waals surface area contributed by atoms with Gasteiger partial charge in [-0.1, -0.05) is 23.5 Å². The number of ether oxygens (including phenoxy) is 1. The zero-order valence-corrected chi connectivity index (χ0v) is 16.8. The van der Waals surface area contributed by atoms with Crippen molar-refractivity contribution in [2.45, 2.75) is 46.3 Å². The van der Waals surface area contributed by atoms with E-state index in [1.54, 1.807) is 33.2 Å². The molecule has 1 amide bonds. The van der Waals surface area contributed by atoms with E-state index in [2.05, 4.69) is 31.1 Å². The van der Waals surface area contributed by atoms with Crippen molar-refractivity contribution in [1.82, 2.24) is 14.8 Å². The van der Waals surface area contributed by atoms with Crippen LogP contribution in [0.25, 0.3) is 10.2 Å². The molecule has 4 rings (SSSR count). The molecule has 1 unspecified atom stereocenters. The number of rotatable bonds is 5. The lowest BCUT2D eigenvalue weighted by Crippen LogP contribution is -2.38. The highest BCUT2D eigenvalue weighted by atomic mass is 32.1. The van der Waals surface area contributed by atoms with E-state index in [4.69, 9.17) is 9.72 Å². The molecule has 6 nitrogen and oxygen atoms in total. The van der Waals surface area contributed by atoms with E-state index in [-0.39, 0.29) is 12.0 Å². The first-order valence-electron chi connectivity index (χ1n) is 9.40. The number of fused-ring (bicyclic) bond motifs is 1. The summed E-state index contributed by atoms with van der Waals surface area (Å²) in [6, 6.07) is 5.97.